The number of benzene rings is 1. The maximum atomic E-state index is 13.1. The molecule has 4 rings (SSSR count). The molecule has 0 radical (unpaired) electrons. The first-order valence-corrected chi connectivity index (χ1v) is 11.4. The van der Waals surface area contributed by atoms with Crippen molar-refractivity contribution in [3.63, 3.8) is 0 Å². The van der Waals surface area contributed by atoms with Crippen LogP contribution >= 0.6 is 0 Å². The summed E-state index contributed by atoms with van der Waals surface area (Å²) in [6, 6.07) is 4.77. The average Bonchev–Trinajstić information content (AvgIpc) is 3.28. The molecule has 158 valence electrons. The molecule has 2 aliphatic rings. The Morgan fingerprint density at radius 1 is 1.24 bits per heavy atom. The number of β-amino-alcohol motifs (C(OH)–C–C–N with tert-alkyl or cyclic N) is 1. The number of nitrogens with zero attached hydrogens (tertiary/aromatic N) is 4. The summed E-state index contributed by atoms with van der Waals surface area (Å²) >= 11 is 0. The molecule has 0 saturated carbocycles. The molecule has 8 nitrogen and oxygen atoms in total. The smallest absolute Gasteiger partial charge is 0.244 e. The van der Waals surface area contributed by atoms with Crippen LogP contribution in [0.1, 0.15) is 37.0 Å². The molecule has 2 fully saturated rings. The molecule has 0 aliphatic carbocycles. The van der Waals surface area contributed by atoms with Crippen LogP contribution in [0.3, 0.4) is 0 Å². The third-order valence-electron chi connectivity index (χ3n) is 5.74. The molecule has 1 aromatic heterocycles. The van der Waals surface area contributed by atoms with Crippen molar-refractivity contribution in [2.24, 2.45) is 0 Å². The van der Waals surface area contributed by atoms with E-state index in [9.17, 15) is 17.9 Å². The fourth-order valence-electron chi connectivity index (χ4n) is 4.17. The van der Waals surface area contributed by atoms with Gasteiger partial charge in [-0.3, -0.25) is 4.90 Å². The number of rotatable bonds is 5. The van der Waals surface area contributed by atoms with Gasteiger partial charge in [0, 0.05) is 12.6 Å². The van der Waals surface area contributed by atoms with Gasteiger partial charge in [-0.25, -0.2) is 12.8 Å². The van der Waals surface area contributed by atoms with Crippen LogP contribution in [0, 0.1) is 5.82 Å². The molecule has 0 amide bonds. The predicted molar refractivity (Wildman–Crippen MR) is 102 cm³/mol. The second-order valence-electron chi connectivity index (χ2n) is 7.90. The van der Waals surface area contributed by atoms with Gasteiger partial charge in [0.05, 0.1) is 17.0 Å². The number of aliphatic hydroxyl groups excluding tert-OH is 1. The summed E-state index contributed by atoms with van der Waals surface area (Å²) in [6.45, 7) is 2.54. The lowest BCUT2D eigenvalue weighted by atomic mass is 10.0. The first-order valence-electron chi connectivity index (χ1n) is 9.75. The van der Waals surface area contributed by atoms with Crippen molar-refractivity contribution < 1.29 is 22.4 Å². The van der Waals surface area contributed by atoms with Gasteiger partial charge in [-0.2, -0.15) is 4.98 Å². The Bertz CT molecular complexity index is 941. The predicted octanol–water partition coefficient (Wildman–Crippen LogP) is 1.38. The molecule has 3 heterocycles. The first kappa shape index (κ1) is 20.4. The average molecular weight is 424 g/mol. The van der Waals surface area contributed by atoms with Gasteiger partial charge in [-0.15, -0.1) is 0 Å². The van der Waals surface area contributed by atoms with E-state index in [1.54, 1.807) is 0 Å². The molecule has 2 unspecified atom stereocenters. The molecule has 1 N–H and O–H groups in total. The molecule has 10 heteroatoms. The summed E-state index contributed by atoms with van der Waals surface area (Å²) in [4.78, 5) is 8.82. The van der Waals surface area contributed by atoms with E-state index in [1.807, 2.05) is 0 Å². The lowest BCUT2D eigenvalue weighted by Gasteiger charge is -2.37. The lowest BCUT2D eigenvalue weighted by molar-refractivity contribution is 0.0880. The van der Waals surface area contributed by atoms with Crippen molar-refractivity contribution in [1.82, 2.24) is 19.9 Å². The van der Waals surface area contributed by atoms with Gasteiger partial charge < -0.3 is 14.5 Å². The van der Waals surface area contributed by atoms with Gasteiger partial charge in [0.15, 0.2) is 15.7 Å². The molecule has 1 aromatic carbocycles. The van der Waals surface area contributed by atoms with Crippen LogP contribution in [0.5, 0.6) is 0 Å². The van der Waals surface area contributed by atoms with Crippen molar-refractivity contribution >= 4 is 9.84 Å². The van der Waals surface area contributed by atoms with E-state index in [2.05, 4.69) is 27.0 Å². The highest BCUT2D eigenvalue weighted by molar-refractivity contribution is 7.90. The molecule has 2 atom stereocenters. The highest BCUT2D eigenvalue weighted by Gasteiger charge is 2.40. The highest BCUT2D eigenvalue weighted by atomic mass is 32.2. The first-order chi connectivity index (χ1) is 13.8. The number of likely N-dealkylation sites (tertiary alicyclic amines) is 2. The summed E-state index contributed by atoms with van der Waals surface area (Å²) in [6.07, 6.45) is 2.01. The van der Waals surface area contributed by atoms with Crippen molar-refractivity contribution in [2.75, 3.05) is 26.7 Å². The molecule has 0 bridgehead atoms. The van der Waals surface area contributed by atoms with Gasteiger partial charge in [0.1, 0.15) is 11.6 Å². The third kappa shape index (κ3) is 4.50. The van der Waals surface area contributed by atoms with Crippen molar-refractivity contribution in [1.29, 1.82) is 0 Å². The molecule has 2 aliphatic heterocycles. The zero-order valence-corrected chi connectivity index (χ0v) is 17.1. The third-order valence-corrected chi connectivity index (χ3v) is 7.36. The van der Waals surface area contributed by atoms with Gasteiger partial charge >= 0.3 is 0 Å². The Balaban J connectivity index is 1.49. The number of aliphatic hydroxyl groups is 1. The number of hydrogen-bond donors (Lipinski definition) is 1. The second-order valence-corrected chi connectivity index (χ2v) is 9.89. The maximum Gasteiger partial charge on any atom is 0.244 e. The second kappa shape index (κ2) is 8.10. The Morgan fingerprint density at radius 2 is 1.93 bits per heavy atom. The fraction of sp³-hybridized carbons (Fsp3) is 0.579. The largest absolute Gasteiger partial charge is 0.392 e. The zero-order valence-electron chi connectivity index (χ0n) is 16.2. The van der Waals surface area contributed by atoms with Gasteiger partial charge in [0.25, 0.3) is 0 Å². The summed E-state index contributed by atoms with van der Waals surface area (Å²) < 4.78 is 43.5. The van der Waals surface area contributed by atoms with Crippen LogP contribution in [0.25, 0.3) is 0 Å². The molecule has 29 heavy (non-hydrogen) atoms. The van der Waals surface area contributed by atoms with E-state index in [0.29, 0.717) is 24.9 Å². The monoisotopic (exact) mass is 424 g/mol. The van der Waals surface area contributed by atoms with Gasteiger partial charge in [-0.1, -0.05) is 5.16 Å². The summed E-state index contributed by atoms with van der Waals surface area (Å²) in [7, 11) is -1.62. The molecule has 2 saturated heterocycles. The van der Waals surface area contributed by atoms with E-state index < -0.39 is 27.5 Å². The topological polar surface area (TPSA) is 99.8 Å². The van der Waals surface area contributed by atoms with E-state index in [-0.39, 0.29) is 16.8 Å². The fourth-order valence-corrected chi connectivity index (χ4v) is 5.34. The van der Waals surface area contributed by atoms with E-state index in [0.717, 1.165) is 38.1 Å². The zero-order chi connectivity index (χ0) is 20.6. The summed E-state index contributed by atoms with van der Waals surface area (Å²) in [5, 5.41) is 14.1. The van der Waals surface area contributed by atoms with Crippen molar-refractivity contribution in [3.05, 3.63) is 41.8 Å². The van der Waals surface area contributed by atoms with Crippen LogP contribution < -0.4 is 0 Å². The van der Waals surface area contributed by atoms with Crippen LogP contribution in [0.15, 0.2) is 33.7 Å². The van der Waals surface area contributed by atoms with Crippen LogP contribution in [0.4, 0.5) is 4.39 Å². The Kier molecular flexibility index (Phi) is 5.69. The number of aromatic nitrogens is 2. The van der Waals surface area contributed by atoms with Crippen molar-refractivity contribution in [3.8, 4) is 0 Å². The minimum Gasteiger partial charge on any atom is -0.392 e. The minimum atomic E-state index is -3.71. The minimum absolute atomic E-state index is 0.00879. The number of halogens is 1. The van der Waals surface area contributed by atoms with Crippen LogP contribution in [0.2, 0.25) is 0 Å². The maximum absolute atomic E-state index is 13.1. The van der Waals surface area contributed by atoms with E-state index >= 15 is 0 Å². The Hall–Kier alpha value is -1.88. The molecule has 2 aromatic rings. The Labute approximate surface area is 169 Å². The number of piperidine rings is 1. The summed E-state index contributed by atoms with van der Waals surface area (Å²) in [5.74, 6) is -0.524. The Morgan fingerprint density at radius 3 is 2.62 bits per heavy atom. The van der Waals surface area contributed by atoms with Crippen molar-refractivity contribution in [2.45, 2.75) is 48.1 Å². The summed E-state index contributed by atoms with van der Waals surface area (Å²) in [5.41, 5.74) is 0. The normalized spacial score (nSPS) is 24.9. The molecular weight excluding hydrogens is 399 g/mol. The SMILES string of the molecule is CN1CCC(N2CC(O)CC2c2nc(CS(=O)(=O)c3ccc(F)cc3)no2)CC1. The van der Waals surface area contributed by atoms with Gasteiger partial charge in [-0.05, 0) is 63.7 Å². The van der Waals surface area contributed by atoms with Gasteiger partial charge in [0.2, 0.25) is 5.89 Å². The van der Waals surface area contributed by atoms with Crippen LogP contribution in [-0.2, 0) is 15.6 Å². The van der Waals surface area contributed by atoms with Crippen LogP contribution in [-0.4, -0.2) is 72.3 Å². The van der Waals surface area contributed by atoms with E-state index in [1.165, 1.54) is 12.1 Å². The molecule has 0 spiro atoms. The quantitative estimate of drug-likeness (QED) is 0.719. The molecular formula is C19H25FN4O4S. The standard InChI is InChI=1S/C19H25FN4O4S/c1-23-8-6-14(7-9-23)24-11-15(25)10-17(24)19-21-18(22-28-19)12-29(26,27)16-4-2-13(20)3-5-16/h2-5,14-15,17,25H,6-12H2,1H3. The number of hydrogen-bond acceptors (Lipinski definition) is 8. The lowest BCUT2D eigenvalue weighted by Crippen LogP contribution is -2.43. The number of sulfone groups is 1. The highest BCUT2D eigenvalue weighted by Crippen LogP contribution is 2.35. The van der Waals surface area contributed by atoms with E-state index in [4.69, 9.17) is 4.52 Å².